The number of allylic oxidation sites excluding steroid dienone is 5. The third-order valence-electron chi connectivity index (χ3n) is 11.8. The van der Waals surface area contributed by atoms with E-state index in [2.05, 4.69) is 67.2 Å². The zero-order valence-electron chi connectivity index (χ0n) is 22.8. The molecule has 0 unspecified atom stereocenters. The molecule has 0 amide bonds. The van der Waals surface area contributed by atoms with Gasteiger partial charge in [0.05, 0.1) is 5.92 Å². The number of aliphatic carboxylic acids is 1. The van der Waals surface area contributed by atoms with Crippen LogP contribution in [0.2, 0.25) is 0 Å². The number of carbonyl (C=O) groups is 1. The Hall–Kier alpha value is -1.35. The maximum Gasteiger partial charge on any atom is 0.306 e. The largest absolute Gasteiger partial charge is 0.481 e. The number of fused-ring (bicyclic) bond motifs is 5. The Balaban J connectivity index is 1.68. The van der Waals surface area contributed by atoms with Crippen LogP contribution in [0.3, 0.4) is 0 Å². The van der Waals surface area contributed by atoms with Gasteiger partial charge in [-0.25, -0.2) is 0 Å². The van der Waals surface area contributed by atoms with E-state index in [9.17, 15) is 9.90 Å². The highest BCUT2D eigenvalue weighted by Gasteiger charge is 2.63. The third-order valence-corrected chi connectivity index (χ3v) is 11.8. The van der Waals surface area contributed by atoms with Gasteiger partial charge >= 0.3 is 5.97 Å². The molecule has 0 aromatic carbocycles. The second-order valence-corrected chi connectivity index (χ2v) is 13.8. The van der Waals surface area contributed by atoms with Crippen LogP contribution in [-0.2, 0) is 4.79 Å². The van der Waals surface area contributed by atoms with Crippen LogP contribution in [0.5, 0.6) is 0 Å². The van der Waals surface area contributed by atoms with Crippen molar-refractivity contribution in [2.75, 3.05) is 0 Å². The van der Waals surface area contributed by atoms with Crippen molar-refractivity contribution >= 4 is 5.97 Å². The lowest BCUT2D eigenvalue weighted by Crippen LogP contribution is -2.56. The molecule has 190 valence electrons. The molecule has 3 N–H and O–H groups in total. The molecule has 0 aromatic heterocycles. The molecule has 0 aliphatic heterocycles. The molecule has 2 saturated carbocycles. The summed E-state index contributed by atoms with van der Waals surface area (Å²) in [4.78, 5) is 12.5. The van der Waals surface area contributed by atoms with Crippen molar-refractivity contribution in [1.29, 1.82) is 0 Å². The second-order valence-electron chi connectivity index (χ2n) is 13.8. The quantitative estimate of drug-likeness (QED) is 0.397. The van der Waals surface area contributed by atoms with Crippen LogP contribution in [0.1, 0.15) is 99.8 Å². The fourth-order valence-electron chi connectivity index (χ4n) is 8.85. The van der Waals surface area contributed by atoms with Gasteiger partial charge in [0.2, 0.25) is 0 Å². The lowest BCUT2D eigenvalue weighted by atomic mass is 9.44. The van der Waals surface area contributed by atoms with E-state index in [1.165, 1.54) is 5.57 Å². The summed E-state index contributed by atoms with van der Waals surface area (Å²) in [6, 6.07) is 0.262. The molecule has 7 atom stereocenters. The molecule has 4 rings (SSSR count). The summed E-state index contributed by atoms with van der Waals surface area (Å²) in [5.41, 5.74) is 11.2. The van der Waals surface area contributed by atoms with Gasteiger partial charge in [0.15, 0.2) is 0 Å². The summed E-state index contributed by atoms with van der Waals surface area (Å²) >= 11 is 0. The van der Waals surface area contributed by atoms with Crippen LogP contribution in [0.15, 0.2) is 35.5 Å². The van der Waals surface area contributed by atoms with Crippen molar-refractivity contribution in [3.8, 4) is 0 Å². The van der Waals surface area contributed by atoms with Gasteiger partial charge in [0.1, 0.15) is 0 Å². The lowest BCUT2D eigenvalue weighted by Gasteiger charge is -2.61. The van der Waals surface area contributed by atoms with Crippen LogP contribution in [0, 0.1) is 45.3 Å². The van der Waals surface area contributed by atoms with Crippen LogP contribution < -0.4 is 5.73 Å². The van der Waals surface area contributed by atoms with Gasteiger partial charge in [-0.2, -0.15) is 0 Å². The average molecular weight is 468 g/mol. The van der Waals surface area contributed by atoms with Gasteiger partial charge in [-0.1, -0.05) is 72.8 Å². The first-order chi connectivity index (χ1) is 15.7. The summed E-state index contributed by atoms with van der Waals surface area (Å²) in [5, 5.41) is 10.3. The summed E-state index contributed by atoms with van der Waals surface area (Å²) in [7, 11) is 0. The molecule has 3 heteroatoms. The van der Waals surface area contributed by atoms with E-state index in [1.54, 1.807) is 11.1 Å². The summed E-state index contributed by atoms with van der Waals surface area (Å²) in [6.45, 7) is 20.6. The summed E-state index contributed by atoms with van der Waals surface area (Å²) in [6.07, 6.45) is 13.1. The van der Waals surface area contributed by atoms with E-state index >= 15 is 0 Å². The standard InChI is InChI=1S/C31H49NO2/c1-19(2)20(3)9-10-21(27(33)34)22-13-17-31(8)24-11-12-25-28(4,5)26(32)15-16-29(25,6)23(24)14-18-30(22,31)7/h11,14,19,21-22,25-26H,3,9-10,12-13,15-18,32H2,1-2,4-8H3,(H,33,34)/t21-,22-,25+,26+,29-,30-,31+/m1/s1. The normalized spacial score (nSPS) is 41.6. The van der Waals surface area contributed by atoms with Gasteiger partial charge in [-0.3, -0.25) is 4.79 Å². The molecule has 0 spiro atoms. The molecule has 2 fully saturated rings. The zero-order chi connectivity index (χ0) is 25.3. The first-order valence-corrected chi connectivity index (χ1v) is 13.8. The number of carboxylic acid groups (broad SMARTS) is 1. The molecule has 4 aliphatic carbocycles. The molecule has 0 saturated heterocycles. The monoisotopic (exact) mass is 467 g/mol. The summed E-state index contributed by atoms with van der Waals surface area (Å²) in [5.74, 6) is 0.270. The lowest BCUT2D eigenvalue weighted by molar-refractivity contribution is -0.146. The summed E-state index contributed by atoms with van der Waals surface area (Å²) < 4.78 is 0. The minimum absolute atomic E-state index is 0.0195. The van der Waals surface area contributed by atoms with E-state index in [0.717, 1.165) is 44.9 Å². The number of nitrogens with two attached hydrogens (primary N) is 1. The highest BCUT2D eigenvalue weighted by Crippen LogP contribution is 2.71. The first-order valence-electron chi connectivity index (χ1n) is 13.8. The fourth-order valence-corrected chi connectivity index (χ4v) is 8.85. The Bertz CT molecular complexity index is 926. The molecule has 34 heavy (non-hydrogen) atoms. The Kier molecular flexibility index (Phi) is 6.32. The van der Waals surface area contributed by atoms with Gasteiger partial charge in [-0.15, -0.1) is 0 Å². The number of hydrogen-bond acceptors (Lipinski definition) is 2. The maximum absolute atomic E-state index is 12.5. The molecule has 3 nitrogen and oxygen atoms in total. The zero-order valence-corrected chi connectivity index (χ0v) is 22.8. The van der Waals surface area contributed by atoms with Crippen molar-refractivity contribution in [3.05, 3.63) is 35.5 Å². The van der Waals surface area contributed by atoms with Crippen LogP contribution in [0.25, 0.3) is 0 Å². The van der Waals surface area contributed by atoms with Crippen molar-refractivity contribution in [1.82, 2.24) is 0 Å². The maximum atomic E-state index is 12.5. The smallest absolute Gasteiger partial charge is 0.306 e. The molecular formula is C31H49NO2. The van der Waals surface area contributed by atoms with Crippen LogP contribution in [-0.4, -0.2) is 17.1 Å². The average Bonchev–Trinajstić information content (AvgIpc) is 3.02. The first kappa shape index (κ1) is 25.7. The molecule has 4 aliphatic rings. The van der Waals surface area contributed by atoms with Crippen LogP contribution in [0.4, 0.5) is 0 Å². The predicted molar refractivity (Wildman–Crippen MR) is 141 cm³/mol. The topological polar surface area (TPSA) is 63.3 Å². The highest BCUT2D eigenvalue weighted by atomic mass is 16.4. The van der Waals surface area contributed by atoms with E-state index in [-0.39, 0.29) is 39.5 Å². The van der Waals surface area contributed by atoms with E-state index in [4.69, 9.17) is 5.73 Å². The van der Waals surface area contributed by atoms with Gasteiger partial charge < -0.3 is 10.8 Å². The SMILES string of the molecule is C=C(CC[C@@H](C(=O)O)[C@H]1CC[C@@]2(C)C3=CC[C@H]4C(C)(C)[C@@H](N)CC[C@]4(C)C3=CC[C@]12C)C(C)C. The predicted octanol–water partition coefficient (Wildman–Crippen LogP) is 7.53. The number of hydrogen-bond donors (Lipinski definition) is 2. The Labute approximate surface area is 208 Å². The van der Waals surface area contributed by atoms with Gasteiger partial charge in [0.25, 0.3) is 0 Å². The Morgan fingerprint density at radius 1 is 1.12 bits per heavy atom. The number of carboxylic acids is 1. The molecule has 0 aromatic rings. The van der Waals surface area contributed by atoms with Crippen molar-refractivity contribution in [3.63, 3.8) is 0 Å². The van der Waals surface area contributed by atoms with E-state index in [1.807, 2.05) is 0 Å². The highest BCUT2D eigenvalue weighted by molar-refractivity contribution is 5.71. The van der Waals surface area contributed by atoms with Crippen molar-refractivity contribution in [2.45, 2.75) is 106 Å². The molecular weight excluding hydrogens is 418 g/mol. The Morgan fingerprint density at radius 3 is 2.41 bits per heavy atom. The second kappa shape index (κ2) is 8.36. The van der Waals surface area contributed by atoms with Crippen LogP contribution >= 0.6 is 0 Å². The minimum atomic E-state index is -0.616. The molecule has 0 radical (unpaired) electrons. The van der Waals surface area contributed by atoms with Crippen molar-refractivity contribution in [2.24, 2.45) is 51.1 Å². The number of rotatable bonds is 6. The Morgan fingerprint density at radius 2 is 1.79 bits per heavy atom. The minimum Gasteiger partial charge on any atom is -0.481 e. The van der Waals surface area contributed by atoms with E-state index < -0.39 is 5.97 Å². The third kappa shape index (κ3) is 3.51. The van der Waals surface area contributed by atoms with Crippen molar-refractivity contribution < 1.29 is 9.90 Å². The van der Waals surface area contributed by atoms with Gasteiger partial charge in [-0.05, 0) is 102 Å². The van der Waals surface area contributed by atoms with E-state index in [0.29, 0.717) is 18.3 Å². The van der Waals surface area contributed by atoms with Gasteiger partial charge in [0, 0.05) is 6.04 Å². The molecule has 0 bridgehead atoms. The molecule has 0 heterocycles. The fraction of sp³-hybridized carbons (Fsp3) is 0.774.